The predicted octanol–water partition coefficient (Wildman–Crippen LogP) is 2.58. The summed E-state index contributed by atoms with van der Waals surface area (Å²) >= 11 is 0. The lowest BCUT2D eigenvalue weighted by Gasteiger charge is -2.12. The summed E-state index contributed by atoms with van der Waals surface area (Å²) in [5.41, 5.74) is -0.188. The molecule has 2 rings (SSSR count). The molecule has 1 atom stereocenters. The molecule has 0 saturated heterocycles. The summed E-state index contributed by atoms with van der Waals surface area (Å²) < 4.78 is 39.2. The van der Waals surface area contributed by atoms with Crippen molar-refractivity contribution in [3.8, 4) is 0 Å². The standard InChI is InChI=1S/C12H8F3NO/c13-8-1-2-11(15)10(4-8)12(17)7-3-9(14)6-16-5-7/h1-6,12,17H. The van der Waals surface area contributed by atoms with Gasteiger partial charge in [-0.3, -0.25) is 4.98 Å². The fourth-order valence-electron chi connectivity index (χ4n) is 1.48. The molecule has 1 N–H and O–H groups in total. The summed E-state index contributed by atoms with van der Waals surface area (Å²) in [4.78, 5) is 3.53. The molecule has 0 spiro atoms. The first kappa shape index (κ1) is 11.6. The minimum Gasteiger partial charge on any atom is -0.383 e. The number of pyridine rings is 1. The fourth-order valence-corrected chi connectivity index (χ4v) is 1.48. The second-order valence-electron chi connectivity index (χ2n) is 3.50. The zero-order valence-corrected chi connectivity index (χ0v) is 8.57. The molecule has 0 radical (unpaired) electrons. The Morgan fingerprint density at radius 3 is 2.47 bits per heavy atom. The van der Waals surface area contributed by atoms with E-state index < -0.39 is 23.6 Å². The number of nitrogens with zero attached hydrogens (tertiary/aromatic N) is 1. The van der Waals surface area contributed by atoms with E-state index in [1.807, 2.05) is 0 Å². The molecular formula is C12H8F3NO. The van der Waals surface area contributed by atoms with E-state index in [0.29, 0.717) is 0 Å². The van der Waals surface area contributed by atoms with Gasteiger partial charge in [0.05, 0.1) is 6.20 Å². The maximum atomic E-state index is 13.4. The molecule has 1 aromatic carbocycles. The lowest BCUT2D eigenvalue weighted by atomic mass is 10.0. The first-order chi connectivity index (χ1) is 8.08. The van der Waals surface area contributed by atoms with Gasteiger partial charge in [0, 0.05) is 17.3 Å². The number of aliphatic hydroxyl groups excluding tert-OH is 1. The Hall–Kier alpha value is -1.88. The number of benzene rings is 1. The van der Waals surface area contributed by atoms with Crippen LogP contribution in [-0.4, -0.2) is 10.1 Å². The van der Waals surface area contributed by atoms with Gasteiger partial charge in [-0.1, -0.05) is 0 Å². The Bertz CT molecular complexity index is 545. The van der Waals surface area contributed by atoms with Crippen molar-refractivity contribution in [2.24, 2.45) is 0 Å². The number of aromatic nitrogens is 1. The zero-order valence-electron chi connectivity index (χ0n) is 8.57. The van der Waals surface area contributed by atoms with Gasteiger partial charge in [-0.05, 0) is 24.3 Å². The molecule has 0 bridgehead atoms. The second kappa shape index (κ2) is 4.55. The quantitative estimate of drug-likeness (QED) is 0.873. The first-order valence-electron chi connectivity index (χ1n) is 4.81. The van der Waals surface area contributed by atoms with E-state index >= 15 is 0 Å². The molecule has 2 aromatic rings. The van der Waals surface area contributed by atoms with Gasteiger partial charge in [0.1, 0.15) is 23.6 Å². The summed E-state index contributed by atoms with van der Waals surface area (Å²) in [5, 5.41) is 9.81. The highest BCUT2D eigenvalue weighted by Gasteiger charge is 2.16. The van der Waals surface area contributed by atoms with Gasteiger partial charge in [-0.25, -0.2) is 13.2 Å². The molecule has 1 unspecified atom stereocenters. The molecule has 1 aromatic heterocycles. The van der Waals surface area contributed by atoms with Gasteiger partial charge in [0.25, 0.3) is 0 Å². The molecule has 0 aliphatic carbocycles. The third-order valence-corrected chi connectivity index (χ3v) is 2.29. The maximum Gasteiger partial charge on any atom is 0.141 e. The molecule has 0 aliphatic heterocycles. The van der Waals surface area contributed by atoms with E-state index in [1.54, 1.807) is 0 Å². The van der Waals surface area contributed by atoms with Gasteiger partial charge < -0.3 is 5.11 Å². The van der Waals surface area contributed by atoms with E-state index in [-0.39, 0.29) is 11.1 Å². The molecule has 17 heavy (non-hydrogen) atoms. The Balaban J connectivity index is 2.43. The molecule has 0 saturated carbocycles. The zero-order chi connectivity index (χ0) is 12.4. The maximum absolute atomic E-state index is 13.4. The topological polar surface area (TPSA) is 33.1 Å². The molecule has 88 valence electrons. The molecule has 2 nitrogen and oxygen atoms in total. The molecule has 0 aliphatic rings. The minimum absolute atomic E-state index is 0.0644. The summed E-state index contributed by atoms with van der Waals surface area (Å²) in [6, 6.07) is 3.73. The van der Waals surface area contributed by atoms with Crippen LogP contribution in [0.2, 0.25) is 0 Å². The van der Waals surface area contributed by atoms with Crippen LogP contribution in [0.25, 0.3) is 0 Å². The van der Waals surface area contributed by atoms with Gasteiger partial charge >= 0.3 is 0 Å². The normalized spacial score (nSPS) is 12.5. The average molecular weight is 239 g/mol. The van der Waals surface area contributed by atoms with E-state index in [0.717, 1.165) is 30.5 Å². The molecule has 0 amide bonds. The summed E-state index contributed by atoms with van der Waals surface area (Å²) in [6.45, 7) is 0. The van der Waals surface area contributed by atoms with Crippen molar-refractivity contribution < 1.29 is 18.3 Å². The van der Waals surface area contributed by atoms with E-state index in [2.05, 4.69) is 4.98 Å². The van der Waals surface area contributed by atoms with Crippen LogP contribution in [0.15, 0.2) is 36.7 Å². The van der Waals surface area contributed by atoms with Crippen LogP contribution in [0.3, 0.4) is 0 Å². The smallest absolute Gasteiger partial charge is 0.141 e. The van der Waals surface area contributed by atoms with Gasteiger partial charge in [0.2, 0.25) is 0 Å². The number of hydrogen-bond donors (Lipinski definition) is 1. The van der Waals surface area contributed by atoms with Crippen molar-refractivity contribution in [1.29, 1.82) is 0 Å². The van der Waals surface area contributed by atoms with Crippen LogP contribution in [-0.2, 0) is 0 Å². The highest BCUT2D eigenvalue weighted by molar-refractivity contribution is 5.29. The lowest BCUT2D eigenvalue weighted by molar-refractivity contribution is 0.213. The van der Waals surface area contributed by atoms with Crippen LogP contribution in [0.5, 0.6) is 0 Å². The van der Waals surface area contributed by atoms with Gasteiger partial charge in [0.15, 0.2) is 0 Å². The highest BCUT2D eigenvalue weighted by atomic mass is 19.1. The fraction of sp³-hybridized carbons (Fsp3) is 0.0833. The van der Waals surface area contributed by atoms with Crippen molar-refractivity contribution in [3.63, 3.8) is 0 Å². The minimum atomic E-state index is -1.45. The Morgan fingerprint density at radius 1 is 1.00 bits per heavy atom. The van der Waals surface area contributed by atoms with Crippen LogP contribution in [0, 0.1) is 17.5 Å². The predicted molar refractivity (Wildman–Crippen MR) is 54.6 cm³/mol. The number of halogens is 3. The average Bonchev–Trinajstić information content (AvgIpc) is 2.31. The second-order valence-corrected chi connectivity index (χ2v) is 3.50. The van der Waals surface area contributed by atoms with Crippen molar-refractivity contribution in [3.05, 3.63) is 65.2 Å². The third-order valence-electron chi connectivity index (χ3n) is 2.29. The van der Waals surface area contributed by atoms with E-state index in [9.17, 15) is 18.3 Å². The van der Waals surface area contributed by atoms with Gasteiger partial charge in [-0.2, -0.15) is 0 Å². The Labute approximate surface area is 95.4 Å². The third kappa shape index (κ3) is 2.45. The van der Waals surface area contributed by atoms with Crippen molar-refractivity contribution in [2.45, 2.75) is 6.10 Å². The summed E-state index contributed by atoms with van der Waals surface area (Å²) in [5.74, 6) is -2.09. The number of aliphatic hydroxyl groups is 1. The lowest BCUT2D eigenvalue weighted by Crippen LogP contribution is -2.04. The van der Waals surface area contributed by atoms with E-state index in [1.165, 1.54) is 6.20 Å². The molecule has 1 heterocycles. The molecule has 0 fully saturated rings. The van der Waals surface area contributed by atoms with Crippen molar-refractivity contribution in [2.75, 3.05) is 0 Å². The Kier molecular flexibility index (Phi) is 3.10. The monoisotopic (exact) mass is 239 g/mol. The van der Waals surface area contributed by atoms with Crippen molar-refractivity contribution in [1.82, 2.24) is 4.98 Å². The number of hydrogen-bond acceptors (Lipinski definition) is 2. The summed E-state index contributed by atoms with van der Waals surface area (Å²) in [6.07, 6.45) is 0.699. The Morgan fingerprint density at radius 2 is 1.76 bits per heavy atom. The van der Waals surface area contributed by atoms with Gasteiger partial charge in [-0.15, -0.1) is 0 Å². The highest BCUT2D eigenvalue weighted by Crippen LogP contribution is 2.24. The SMILES string of the molecule is OC(c1cncc(F)c1)c1cc(F)ccc1F. The van der Waals surface area contributed by atoms with Crippen LogP contribution in [0.1, 0.15) is 17.2 Å². The summed E-state index contributed by atoms with van der Waals surface area (Å²) in [7, 11) is 0. The number of rotatable bonds is 2. The van der Waals surface area contributed by atoms with Crippen LogP contribution in [0.4, 0.5) is 13.2 Å². The van der Waals surface area contributed by atoms with Crippen LogP contribution < -0.4 is 0 Å². The van der Waals surface area contributed by atoms with Crippen LogP contribution >= 0.6 is 0 Å². The van der Waals surface area contributed by atoms with Crippen molar-refractivity contribution >= 4 is 0 Å². The largest absolute Gasteiger partial charge is 0.383 e. The molecule has 5 heteroatoms. The van der Waals surface area contributed by atoms with E-state index in [4.69, 9.17) is 0 Å². The molecular weight excluding hydrogens is 231 g/mol. The first-order valence-corrected chi connectivity index (χ1v) is 4.81.